The number of rotatable bonds is 12. The molecule has 5 fully saturated rings. The Kier molecular flexibility index (Phi) is 14.0. The Morgan fingerprint density at radius 2 is 1.58 bits per heavy atom. The van der Waals surface area contributed by atoms with Crippen LogP contribution in [0.25, 0.3) is 22.2 Å². The van der Waals surface area contributed by atoms with Crippen LogP contribution in [0.4, 0.5) is 30.2 Å². The van der Waals surface area contributed by atoms with Crippen LogP contribution in [0.3, 0.4) is 0 Å². The number of piperazine rings is 1. The summed E-state index contributed by atoms with van der Waals surface area (Å²) in [4.78, 5) is 78.4. The lowest BCUT2D eigenvalue weighted by Crippen LogP contribution is -2.57. The first-order chi connectivity index (χ1) is 35.2. The minimum atomic E-state index is -4.35. The minimum absolute atomic E-state index is 0.00614. The second-order valence-electron chi connectivity index (χ2n) is 19.5. The van der Waals surface area contributed by atoms with Gasteiger partial charge in [0.05, 0.1) is 11.3 Å². The van der Waals surface area contributed by atoms with Gasteiger partial charge in [-0.25, -0.2) is 18.2 Å². The second kappa shape index (κ2) is 20.6. The highest BCUT2D eigenvalue weighted by Gasteiger charge is 2.40. The van der Waals surface area contributed by atoms with Crippen LogP contribution < -0.4 is 19.8 Å². The van der Waals surface area contributed by atoms with Gasteiger partial charge in [-0.15, -0.1) is 0 Å². The average molecular weight is 1030 g/mol. The maximum atomic E-state index is 15.8. The molecular weight excluding hydrogens is 970 g/mol. The van der Waals surface area contributed by atoms with Crippen LogP contribution >= 0.6 is 0 Å². The van der Waals surface area contributed by atoms with Crippen molar-refractivity contribution in [2.24, 2.45) is 5.92 Å². The Labute approximate surface area is 419 Å². The zero-order valence-corrected chi connectivity index (χ0v) is 40.6. The van der Waals surface area contributed by atoms with Crippen molar-refractivity contribution in [1.82, 2.24) is 34.3 Å². The van der Waals surface area contributed by atoms with Crippen molar-refractivity contribution in [3.05, 3.63) is 107 Å². The van der Waals surface area contributed by atoms with E-state index in [1.165, 1.54) is 6.20 Å². The van der Waals surface area contributed by atoms with Crippen LogP contribution in [0, 0.1) is 17.6 Å². The van der Waals surface area contributed by atoms with Crippen molar-refractivity contribution in [2.75, 3.05) is 86.5 Å². The zero-order chi connectivity index (χ0) is 51.1. The summed E-state index contributed by atoms with van der Waals surface area (Å²) in [5.74, 6) is -3.80. The molecule has 5 aromatic rings. The number of amides is 3. The first-order valence-corrected chi connectivity index (χ1v) is 26.0. The van der Waals surface area contributed by atoms with Gasteiger partial charge in [-0.1, -0.05) is 12.1 Å². The van der Waals surface area contributed by atoms with Gasteiger partial charge in [-0.05, 0) is 85.3 Å². The fourth-order valence-corrected chi connectivity index (χ4v) is 12.4. The molecule has 8 heterocycles. The Hall–Kier alpha value is -6.88. The number of piperidine rings is 2. The topological polar surface area (TPSA) is 212 Å². The standard InChI is InChI=1S/C50H53F3N10O6S.CH2O2/c51-34-11-16-62(29-34)70(68,69)57-42-8-7-41(52)45(46(42)53)47(65)40-24-55-48-39(40)22-32(23-54-48)31-1-3-35(4-2-31)59-14-12-36(13-15-59)60-19-17-58(18-20-60)25-30-26-61(27-30)37-5-6-38-33(21-37)28-63(50(38)67)43-9-10-44(64)56-49(43)66;2-1-3/h1-8,21-24,30,34,36,43,57H,9-20,25-29H2,(H,54,55)(H,56,64,66);1H,(H,2,3)/t34-,43?;/m1./s1. The molecule has 0 spiro atoms. The van der Waals surface area contributed by atoms with Gasteiger partial charge in [-0.3, -0.25) is 38.9 Å². The summed E-state index contributed by atoms with van der Waals surface area (Å²) >= 11 is 0. The number of benzene rings is 3. The second-order valence-corrected chi connectivity index (χ2v) is 21.2. The number of carboxylic acid groups (broad SMARTS) is 1. The molecular formula is C51H55F3N10O8S. The van der Waals surface area contributed by atoms with E-state index in [2.05, 4.69) is 53.1 Å². The highest BCUT2D eigenvalue weighted by Crippen LogP contribution is 2.35. The van der Waals surface area contributed by atoms with Crippen molar-refractivity contribution in [1.29, 1.82) is 0 Å². The highest BCUT2D eigenvalue weighted by molar-refractivity contribution is 7.90. The smallest absolute Gasteiger partial charge is 0.301 e. The van der Waals surface area contributed by atoms with Crippen molar-refractivity contribution >= 4 is 68.3 Å². The number of pyridine rings is 1. The lowest BCUT2D eigenvalue weighted by molar-refractivity contribution is -0.137. The van der Waals surface area contributed by atoms with Gasteiger partial charge < -0.3 is 29.7 Å². The van der Waals surface area contributed by atoms with Crippen molar-refractivity contribution < 1.29 is 50.7 Å². The first kappa shape index (κ1) is 49.7. The normalized spacial score (nSPS) is 21.5. The number of H-pyrrole nitrogens is 1. The lowest BCUT2D eigenvalue weighted by Gasteiger charge is -2.46. The summed E-state index contributed by atoms with van der Waals surface area (Å²) in [7, 11) is -4.35. The van der Waals surface area contributed by atoms with Crippen molar-refractivity contribution in [3.8, 4) is 11.1 Å². The molecule has 0 radical (unpaired) electrons. The number of imide groups is 1. The molecule has 0 saturated carbocycles. The van der Waals surface area contributed by atoms with E-state index >= 15 is 8.78 Å². The Balaban J connectivity index is 0.00000199. The molecule has 73 heavy (non-hydrogen) atoms. The summed E-state index contributed by atoms with van der Waals surface area (Å²) in [5, 5.41) is 9.60. The van der Waals surface area contributed by atoms with E-state index < -0.39 is 57.0 Å². The molecule has 0 bridgehead atoms. The molecule has 3 amide bonds. The largest absolute Gasteiger partial charge is 0.483 e. The van der Waals surface area contributed by atoms with E-state index in [4.69, 9.17) is 9.90 Å². The van der Waals surface area contributed by atoms with Gasteiger partial charge in [0.25, 0.3) is 12.4 Å². The van der Waals surface area contributed by atoms with Gasteiger partial charge in [0, 0.05) is 143 Å². The number of halogens is 3. The number of ketones is 1. The SMILES string of the molecule is O=C1CCC(N2Cc3cc(N4CC(CN5CCN(C6CCN(c7ccc(-c8cnc9[nH]cc(C(=O)c%10c(F)ccc(NS(=O)(=O)N%11CC[C@@H](F)C%11)c%10F)c9c8)cc7)CC6)CC5)C4)ccc3C2=O)C(=O)N1.O=CO. The maximum Gasteiger partial charge on any atom is 0.301 e. The maximum absolute atomic E-state index is 15.8. The number of anilines is 3. The quantitative estimate of drug-likeness (QED) is 0.0765. The summed E-state index contributed by atoms with van der Waals surface area (Å²) in [5.41, 5.74) is 4.05. The number of nitrogens with zero attached hydrogens (tertiary/aromatic N) is 7. The van der Waals surface area contributed by atoms with Crippen LogP contribution in [0.15, 0.2) is 73.1 Å². The van der Waals surface area contributed by atoms with Crippen LogP contribution in [-0.4, -0.2) is 163 Å². The number of fused-ring (bicyclic) bond motifs is 2. The molecule has 2 atom stereocenters. The predicted octanol–water partition coefficient (Wildman–Crippen LogP) is 4.62. The van der Waals surface area contributed by atoms with Crippen LogP contribution in [-0.2, 0) is 31.1 Å². The van der Waals surface area contributed by atoms with Crippen molar-refractivity contribution in [2.45, 2.75) is 56.9 Å². The molecule has 18 nitrogen and oxygen atoms in total. The van der Waals surface area contributed by atoms with E-state index in [-0.39, 0.29) is 49.8 Å². The molecule has 384 valence electrons. The first-order valence-electron chi connectivity index (χ1n) is 24.5. The molecule has 6 aliphatic heterocycles. The molecule has 22 heteroatoms. The van der Waals surface area contributed by atoms with Gasteiger partial charge in [0.2, 0.25) is 17.6 Å². The van der Waals surface area contributed by atoms with Crippen LogP contribution in [0.2, 0.25) is 0 Å². The summed E-state index contributed by atoms with van der Waals surface area (Å²) in [6.45, 7) is 8.69. The predicted molar refractivity (Wildman–Crippen MR) is 265 cm³/mol. The third-order valence-corrected chi connectivity index (χ3v) is 16.6. The number of hydrogen-bond acceptors (Lipinski definition) is 12. The number of alkyl halides is 1. The molecule has 1 unspecified atom stereocenters. The van der Waals surface area contributed by atoms with E-state index in [0.717, 1.165) is 111 Å². The van der Waals surface area contributed by atoms with E-state index in [0.29, 0.717) is 47.1 Å². The third-order valence-electron chi connectivity index (χ3n) is 15.1. The van der Waals surface area contributed by atoms with E-state index in [1.54, 1.807) is 17.2 Å². The number of aromatic nitrogens is 2. The Bertz CT molecular complexity index is 3070. The fourth-order valence-electron chi connectivity index (χ4n) is 11.1. The minimum Gasteiger partial charge on any atom is -0.483 e. The van der Waals surface area contributed by atoms with Crippen LogP contribution in [0.5, 0.6) is 0 Å². The summed E-state index contributed by atoms with van der Waals surface area (Å²) in [6, 6.07) is 17.5. The molecule has 3 aromatic carbocycles. The molecule has 0 aliphatic carbocycles. The Morgan fingerprint density at radius 1 is 0.849 bits per heavy atom. The lowest BCUT2D eigenvalue weighted by atomic mass is 9.96. The number of nitrogens with one attached hydrogen (secondary N) is 3. The molecule has 11 rings (SSSR count). The van der Waals surface area contributed by atoms with Gasteiger partial charge in [0.1, 0.15) is 23.7 Å². The van der Waals surface area contributed by atoms with E-state index in [9.17, 15) is 32.0 Å². The number of hydrogen-bond donors (Lipinski definition) is 4. The fraction of sp³-hybridized carbons (Fsp3) is 0.412. The number of carbonyl (C=O) groups excluding carboxylic acids is 4. The summed E-state index contributed by atoms with van der Waals surface area (Å²) in [6.07, 6.45) is 4.37. The zero-order valence-electron chi connectivity index (χ0n) is 39.8. The summed E-state index contributed by atoms with van der Waals surface area (Å²) < 4.78 is 73.2. The monoisotopic (exact) mass is 1020 g/mol. The average Bonchev–Trinajstić information content (AvgIpc) is 4.10. The van der Waals surface area contributed by atoms with Gasteiger partial charge in [-0.2, -0.15) is 12.7 Å². The molecule has 4 N–H and O–H groups in total. The van der Waals surface area contributed by atoms with Gasteiger partial charge in [0.15, 0.2) is 5.82 Å². The Morgan fingerprint density at radius 3 is 2.27 bits per heavy atom. The van der Waals surface area contributed by atoms with Crippen LogP contribution in [0.1, 0.15) is 63.9 Å². The molecule has 5 saturated heterocycles. The van der Waals surface area contributed by atoms with Gasteiger partial charge >= 0.3 is 10.2 Å². The third kappa shape index (κ3) is 10.1. The van der Waals surface area contributed by atoms with E-state index in [1.807, 2.05) is 29.0 Å². The highest BCUT2D eigenvalue weighted by atomic mass is 32.2. The molecule has 2 aromatic heterocycles. The number of aromatic amines is 1. The number of carbonyl (C=O) groups is 5. The molecule has 6 aliphatic rings. The van der Waals surface area contributed by atoms with Crippen molar-refractivity contribution in [3.63, 3.8) is 0 Å².